The van der Waals surface area contributed by atoms with Crippen LogP contribution in [0.2, 0.25) is 5.02 Å². The molecule has 1 heterocycles. The highest BCUT2D eigenvalue weighted by molar-refractivity contribution is 14.1. The molecule has 0 spiro atoms. The Labute approximate surface area is 118 Å². The normalized spacial score (nSPS) is 10.9. The number of anilines is 1. The molecule has 1 amide bonds. The largest absolute Gasteiger partial charge is 0.443 e. The smallest absolute Gasteiger partial charge is 0.426 e. The van der Waals surface area contributed by atoms with Crippen molar-refractivity contribution in [3.8, 4) is 0 Å². The average molecular weight is 370 g/mol. The van der Waals surface area contributed by atoms with Crippen LogP contribution in [0.15, 0.2) is 12.3 Å². The lowest BCUT2D eigenvalue weighted by Gasteiger charge is -2.20. The van der Waals surface area contributed by atoms with E-state index in [2.05, 4.69) is 15.8 Å². The van der Waals surface area contributed by atoms with E-state index in [1.807, 2.05) is 22.6 Å². The minimum absolute atomic E-state index is 0.476. The zero-order valence-corrected chi connectivity index (χ0v) is 12.6. The first-order valence-electron chi connectivity index (χ1n) is 4.84. The van der Waals surface area contributed by atoms with Gasteiger partial charge in [-0.15, -0.1) is 0 Å². The molecule has 0 atom stereocenters. The number of halogens is 2. The summed E-state index contributed by atoms with van der Waals surface area (Å²) in [6.45, 7) is 5.36. The van der Waals surface area contributed by atoms with Crippen molar-refractivity contribution < 1.29 is 9.53 Å². The molecule has 0 radical (unpaired) electrons. The zero-order chi connectivity index (χ0) is 13.1. The lowest BCUT2D eigenvalue weighted by atomic mass is 10.2. The van der Waals surface area contributed by atoms with E-state index in [4.69, 9.17) is 16.3 Å². The van der Waals surface area contributed by atoms with Crippen LogP contribution in [-0.2, 0) is 4.74 Å². The van der Waals surface area contributed by atoms with Crippen LogP contribution < -0.4 is 10.9 Å². The number of pyridine rings is 1. The van der Waals surface area contributed by atoms with E-state index in [1.54, 1.807) is 33.0 Å². The van der Waals surface area contributed by atoms with Crippen LogP contribution >= 0.6 is 34.2 Å². The molecule has 0 bridgehead atoms. The molecular weight excluding hydrogens is 356 g/mol. The fourth-order valence-electron chi connectivity index (χ4n) is 0.921. The van der Waals surface area contributed by atoms with Gasteiger partial charge in [-0.05, 0) is 49.4 Å². The van der Waals surface area contributed by atoms with Crippen LogP contribution in [-0.4, -0.2) is 16.7 Å². The number of nitrogens with zero attached hydrogens (tertiary/aromatic N) is 1. The SMILES string of the molecule is CC(C)(C)OC(=O)NNc1nccc(Cl)c1I. The number of carbonyl (C=O) groups excluding carboxylic acids is 1. The van der Waals surface area contributed by atoms with Gasteiger partial charge in [0.05, 0.1) is 8.59 Å². The van der Waals surface area contributed by atoms with Gasteiger partial charge in [-0.3, -0.25) is 5.43 Å². The van der Waals surface area contributed by atoms with Crippen molar-refractivity contribution in [2.45, 2.75) is 26.4 Å². The second-order valence-electron chi connectivity index (χ2n) is 4.21. The van der Waals surface area contributed by atoms with Crippen molar-refractivity contribution in [3.63, 3.8) is 0 Å². The van der Waals surface area contributed by atoms with E-state index in [1.165, 1.54) is 0 Å². The maximum atomic E-state index is 11.4. The first-order chi connectivity index (χ1) is 7.79. The molecule has 7 heteroatoms. The summed E-state index contributed by atoms with van der Waals surface area (Å²) in [6.07, 6.45) is 0.971. The molecule has 0 aliphatic rings. The molecule has 0 saturated heterocycles. The summed E-state index contributed by atoms with van der Waals surface area (Å²) in [5.74, 6) is 0.476. The van der Waals surface area contributed by atoms with E-state index in [0.717, 1.165) is 3.57 Å². The molecule has 0 aliphatic heterocycles. The van der Waals surface area contributed by atoms with E-state index in [9.17, 15) is 4.79 Å². The topological polar surface area (TPSA) is 63.2 Å². The predicted molar refractivity (Wildman–Crippen MR) is 75.0 cm³/mol. The number of nitrogens with one attached hydrogen (secondary N) is 2. The standard InChI is InChI=1S/C10H13ClIN3O2/c1-10(2,3)17-9(16)15-14-8-7(12)6(11)4-5-13-8/h4-5H,1-3H3,(H,13,14)(H,15,16). The Bertz CT molecular complexity index is 421. The van der Waals surface area contributed by atoms with E-state index in [0.29, 0.717) is 10.8 Å². The molecule has 1 rings (SSSR count). The van der Waals surface area contributed by atoms with Crippen LogP contribution in [0.4, 0.5) is 10.6 Å². The first-order valence-corrected chi connectivity index (χ1v) is 6.30. The van der Waals surface area contributed by atoms with Gasteiger partial charge in [0.25, 0.3) is 0 Å². The Morgan fingerprint density at radius 2 is 2.18 bits per heavy atom. The van der Waals surface area contributed by atoms with Gasteiger partial charge < -0.3 is 4.74 Å². The highest BCUT2D eigenvalue weighted by Crippen LogP contribution is 2.23. The molecule has 1 aromatic rings. The summed E-state index contributed by atoms with van der Waals surface area (Å²) in [5.41, 5.74) is 4.49. The van der Waals surface area contributed by atoms with Gasteiger partial charge in [0.15, 0.2) is 5.82 Å². The molecule has 94 valence electrons. The van der Waals surface area contributed by atoms with Gasteiger partial charge in [-0.1, -0.05) is 11.6 Å². The van der Waals surface area contributed by atoms with Crippen molar-refractivity contribution in [1.82, 2.24) is 10.4 Å². The predicted octanol–water partition coefficient (Wildman–Crippen LogP) is 3.19. The summed E-state index contributed by atoms with van der Waals surface area (Å²) >= 11 is 7.94. The van der Waals surface area contributed by atoms with Crippen LogP contribution in [0.5, 0.6) is 0 Å². The van der Waals surface area contributed by atoms with Crippen molar-refractivity contribution in [3.05, 3.63) is 20.9 Å². The second kappa shape index (κ2) is 5.72. The van der Waals surface area contributed by atoms with E-state index < -0.39 is 11.7 Å². The number of hydrazine groups is 1. The molecule has 0 fully saturated rings. The monoisotopic (exact) mass is 369 g/mol. The summed E-state index contributed by atoms with van der Waals surface area (Å²) < 4.78 is 5.78. The van der Waals surface area contributed by atoms with Gasteiger partial charge >= 0.3 is 6.09 Å². The van der Waals surface area contributed by atoms with E-state index in [-0.39, 0.29) is 0 Å². The number of hydrogen-bond acceptors (Lipinski definition) is 4. The Kier molecular flexibility index (Phi) is 4.81. The van der Waals surface area contributed by atoms with Crippen LogP contribution in [0.3, 0.4) is 0 Å². The number of rotatable bonds is 2. The third kappa shape index (κ3) is 4.95. The van der Waals surface area contributed by atoms with Crippen molar-refractivity contribution in [2.75, 3.05) is 5.43 Å². The maximum Gasteiger partial charge on any atom is 0.426 e. The highest BCUT2D eigenvalue weighted by atomic mass is 127. The quantitative estimate of drug-likeness (QED) is 0.621. The number of ether oxygens (including phenoxy) is 1. The summed E-state index contributed by atoms with van der Waals surface area (Å²) in [5, 5.41) is 0.564. The fourth-order valence-corrected chi connectivity index (χ4v) is 1.52. The third-order valence-corrected chi connectivity index (χ3v) is 3.25. The molecule has 1 aromatic heterocycles. The third-order valence-electron chi connectivity index (χ3n) is 1.52. The molecule has 0 unspecified atom stereocenters. The molecule has 2 N–H and O–H groups in total. The first kappa shape index (κ1) is 14.3. The second-order valence-corrected chi connectivity index (χ2v) is 5.69. The van der Waals surface area contributed by atoms with Crippen LogP contribution in [0.1, 0.15) is 20.8 Å². The van der Waals surface area contributed by atoms with Gasteiger partial charge in [-0.25, -0.2) is 15.2 Å². The average Bonchev–Trinajstić information content (AvgIpc) is 2.18. The van der Waals surface area contributed by atoms with Crippen LogP contribution in [0, 0.1) is 3.57 Å². The molecular formula is C10H13ClIN3O2. The molecule has 0 saturated carbocycles. The number of aromatic nitrogens is 1. The van der Waals surface area contributed by atoms with E-state index >= 15 is 0 Å². The van der Waals surface area contributed by atoms with Crippen LogP contribution in [0.25, 0.3) is 0 Å². The molecule has 0 aromatic carbocycles. The Balaban J connectivity index is 2.56. The maximum absolute atomic E-state index is 11.4. The molecule has 5 nitrogen and oxygen atoms in total. The molecule has 17 heavy (non-hydrogen) atoms. The summed E-state index contributed by atoms with van der Waals surface area (Å²) in [7, 11) is 0. The van der Waals surface area contributed by atoms with Gasteiger partial charge in [-0.2, -0.15) is 0 Å². The minimum atomic E-state index is -0.574. The molecule has 0 aliphatic carbocycles. The van der Waals surface area contributed by atoms with Crippen molar-refractivity contribution in [1.29, 1.82) is 0 Å². The lowest BCUT2D eigenvalue weighted by Crippen LogP contribution is -2.36. The zero-order valence-electron chi connectivity index (χ0n) is 9.67. The summed E-state index contributed by atoms with van der Waals surface area (Å²) in [6, 6.07) is 1.67. The highest BCUT2D eigenvalue weighted by Gasteiger charge is 2.16. The number of carbonyl (C=O) groups is 1. The number of amides is 1. The van der Waals surface area contributed by atoms with Gasteiger partial charge in [0.1, 0.15) is 5.60 Å². The van der Waals surface area contributed by atoms with Crippen molar-refractivity contribution >= 4 is 46.1 Å². The Morgan fingerprint density at radius 3 is 2.76 bits per heavy atom. The Morgan fingerprint density at radius 1 is 1.53 bits per heavy atom. The summed E-state index contributed by atoms with van der Waals surface area (Å²) in [4.78, 5) is 15.4. The lowest BCUT2D eigenvalue weighted by molar-refractivity contribution is 0.0541. The fraction of sp³-hybridized carbons (Fsp3) is 0.400. The van der Waals surface area contributed by atoms with Crippen molar-refractivity contribution in [2.24, 2.45) is 0 Å². The van der Waals surface area contributed by atoms with Gasteiger partial charge in [0.2, 0.25) is 0 Å². The van der Waals surface area contributed by atoms with Gasteiger partial charge in [0, 0.05) is 6.20 Å². The Hall–Kier alpha value is -0.760. The minimum Gasteiger partial charge on any atom is -0.443 e. The number of hydrogen-bond donors (Lipinski definition) is 2.